The Morgan fingerprint density at radius 1 is 1.36 bits per heavy atom. The van der Waals surface area contributed by atoms with Gasteiger partial charge in [0.2, 0.25) is 0 Å². The third-order valence-electron chi connectivity index (χ3n) is 3.03. The largest absolute Gasteiger partial charge is 0.496 e. The maximum Gasteiger partial charge on any atom is 0.330 e. The van der Waals surface area contributed by atoms with E-state index in [2.05, 4.69) is 31.0 Å². The second kappa shape index (κ2) is 7.13. The highest BCUT2D eigenvalue weighted by molar-refractivity contribution is 9.10. The number of ether oxygens (including phenoxy) is 2. The van der Waals surface area contributed by atoms with Crippen LogP contribution in [0.25, 0.3) is 10.9 Å². The fraction of sp³-hybridized carbons (Fsp3) is 0.200. The monoisotopic (exact) mass is 366 g/mol. The number of hydrogen-bond donors (Lipinski definition) is 2. The summed E-state index contributed by atoms with van der Waals surface area (Å²) >= 11 is 3.40. The molecule has 2 aromatic rings. The average molecular weight is 367 g/mol. The Balaban J connectivity index is 2.15. The molecule has 1 aromatic carbocycles. The van der Waals surface area contributed by atoms with Crippen LogP contribution in [-0.2, 0) is 9.53 Å². The second-order valence-corrected chi connectivity index (χ2v) is 5.22. The normalized spacial score (nSPS) is 10.9. The highest BCUT2D eigenvalue weighted by Gasteiger charge is 2.13. The van der Waals surface area contributed by atoms with Crippen LogP contribution in [0.3, 0.4) is 0 Å². The van der Waals surface area contributed by atoms with Crippen molar-refractivity contribution in [3.05, 3.63) is 40.5 Å². The van der Waals surface area contributed by atoms with E-state index >= 15 is 0 Å². The number of rotatable bonds is 5. The minimum absolute atomic E-state index is 0.230. The summed E-state index contributed by atoms with van der Waals surface area (Å²) in [5, 5.41) is 3.46. The standard InChI is InChI=1S/C15H15BrN2O4/c1-21-13-6-9-10(8-18-12(9)7-11(13)16)15(20)17-5-3-4-14(19)22-2/h3-4,6-8,18H,5H2,1-2H3,(H,17,20)/b4-3+. The number of H-pyrrole nitrogens is 1. The number of methoxy groups -OCH3 is 2. The van der Waals surface area contributed by atoms with E-state index in [1.807, 2.05) is 6.07 Å². The molecule has 2 N–H and O–H groups in total. The lowest BCUT2D eigenvalue weighted by Crippen LogP contribution is -2.23. The maximum atomic E-state index is 12.2. The van der Waals surface area contributed by atoms with Crippen LogP contribution in [0.4, 0.5) is 0 Å². The van der Waals surface area contributed by atoms with E-state index < -0.39 is 5.97 Å². The number of benzene rings is 1. The van der Waals surface area contributed by atoms with E-state index in [1.54, 1.807) is 19.4 Å². The lowest BCUT2D eigenvalue weighted by Gasteiger charge is -2.05. The Morgan fingerprint density at radius 3 is 2.82 bits per heavy atom. The summed E-state index contributed by atoms with van der Waals surface area (Å²) in [6.45, 7) is 0.230. The molecule has 1 heterocycles. The Bertz CT molecular complexity index is 736. The fourth-order valence-electron chi connectivity index (χ4n) is 1.94. The number of carbonyl (C=O) groups excluding carboxylic acids is 2. The number of aromatic amines is 1. The van der Waals surface area contributed by atoms with Gasteiger partial charge >= 0.3 is 5.97 Å². The van der Waals surface area contributed by atoms with Crippen molar-refractivity contribution < 1.29 is 19.1 Å². The van der Waals surface area contributed by atoms with Crippen LogP contribution in [-0.4, -0.2) is 37.6 Å². The second-order valence-electron chi connectivity index (χ2n) is 4.37. The molecule has 1 amide bonds. The Labute approximate surface area is 135 Å². The molecule has 2 rings (SSSR count). The van der Waals surface area contributed by atoms with Gasteiger partial charge in [0.15, 0.2) is 0 Å². The van der Waals surface area contributed by atoms with Crippen LogP contribution in [0.1, 0.15) is 10.4 Å². The third-order valence-corrected chi connectivity index (χ3v) is 3.65. The lowest BCUT2D eigenvalue weighted by molar-refractivity contribution is -0.134. The van der Waals surface area contributed by atoms with Gasteiger partial charge in [-0.05, 0) is 28.1 Å². The van der Waals surface area contributed by atoms with E-state index in [1.165, 1.54) is 19.3 Å². The Kier molecular flexibility index (Phi) is 5.21. The van der Waals surface area contributed by atoms with Gasteiger partial charge in [-0.3, -0.25) is 4.79 Å². The van der Waals surface area contributed by atoms with E-state index in [9.17, 15) is 9.59 Å². The molecule has 0 spiro atoms. The highest BCUT2D eigenvalue weighted by Crippen LogP contribution is 2.31. The van der Waals surface area contributed by atoms with Gasteiger partial charge in [0.05, 0.1) is 24.3 Å². The summed E-state index contributed by atoms with van der Waals surface area (Å²) in [5.41, 5.74) is 1.33. The van der Waals surface area contributed by atoms with Gasteiger partial charge in [-0.1, -0.05) is 6.08 Å². The first-order valence-electron chi connectivity index (χ1n) is 6.44. The number of aromatic nitrogens is 1. The molecule has 7 heteroatoms. The van der Waals surface area contributed by atoms with Crippen molar-refractivity contribution >= 4 is 38.7 Å². The molecule has 0 unspecified atom stereocenters. The molecular weight excluding hydrogens is 352 g/mol. The van der Waals surface area contributed by atoms with Gasteiger partial charge in [-0.15, -0.1) is 0 Å². The molecule has 0 fully saturated rings. The van der Waals surface area contributed by atoms with E-state index in [4.69, 9.17) is 4.74 Å². The molecule has 0 saturated carbocycles. The SMILES string of the molecule is COC(=O)/C=C/CNC(=O)c1c[nH]c2cc(Br)c(OC)cc12. The van der Waals surface area contributed by atoms with Crippen molar-refractivity contribution in [2.75, 3.05) is 20.8 Å². The van der Waals surface area contributed by atoms with Crippen molar-refractivity contribution in [2.45, 2.75) is 0 Å². The van der Waals surface area contributed by atoms with Crippen LogP contribution in [0.5, 0.6) is 5.75 Å². The van der Waals surface area contributed by atoms with E-state index in [-0.39, 0.29) is 12.5 Å². The summed E-state index contributed by atoms with van der Waals surface area (Å²) in [4.78, 5) is 26.1. The first-order chi connectivity index (χ1) is 10.6. The van der Waals surface area contributed by atoms with Gasteiger partial charge < -0.3 is 19.8 Å². The number of esters is 1. The van der Waals surface area contributed by atoms with Crippen LogP contribution >= 0.6 is 15.9 Å². The molecule has 0 atom stereocenters. The van der Waals surface area contributed by atoms with Gasteiger partial charge in [-0.2, -0.15) is 0 Å². The molecule has 6 nitrogen and oxygen atoms in total. The Hall–Kier alpha value is -2.28. The van der Waals surface area contributed by atoms with Crippen molar-refractivity contribution in [3.8, 4) is 5.75 Å². The third kappa shape index (κ3) is 3.48. The Morgan fingerprint density at radius 2 is 2.14 bits per heavy atom. The minimum Gasteiger partial charge on any atom is -0.496 e. The number of fused-ring (bicyclic) bond motifs is 1. The quantitative estimate of drug-likeness (QED) is 0.628. The van der Waals surface area contributed by atoms with Crippen LogP contribution in [0.15, 0.2) is 35.0 Å². The summed E-state index contributed by atoms with van der Waals surface area (Å²) in [5.74, 6) is -0.0622. The molecule has 0 aliphatic carbocycles. The predicted molar refractivity (Wildman–Crippen MR) is 86.0 cm³/mol. The molecule has 22 heavy (non-hydrogen) atoms. The van der Waals surface area contributed by atoms with Gasteiger partial charge in [0.25, 0.3) is 5.91 Å². The summed E-state index contributed by atoms with van der Waals surface area (Å²) in [6, 6.07) is 3.64. The summed E-state index contributed by atoms with van der Waals surface area (Å²) < 4.78 is 10.5. The number of halogens is 1. The highest BCUT2D eigenvalue weighted by atomic mass is 79.9. The number of amides is 1. The predicted octanol–water partition coefficient (Wildman–Crippen LogP) is 2.40. The van der Waals surface area contributed by atoms with Crippen molar-refractivity contribution in [2.24, 2.45) is 0 Å². The number of nitrogens with one attached hydrogen (secondary N) is 2. The van der Waals surface area contributed by atoms with Crippen molar-refractivity contribution in [3.63, 3.8) is 0 Å². The molecule has 116 valence electrons. The summed E-state index contributed by atoms with van der Waals surface area (Å²) in [7, 11) is 2.86. The van der Waals surface area contributed by atoms with Crippen LogP contribution < -0.4 is 10.1 Å². The molecule has 0 aliphatic heterocycles. The maximum absolute atomic E-state index is 12.2. The first kappa shape index (κ1) is 16.1. The molecule has 0 bridgehead atoms. The van der Waals surface area contributed by atoms with Gasteiger partial charge in [0, 0.05) is 29.7 Å². The zero-order chi connectivity index (χ0) is 16.1. The zero-order valence-electron chi connectivity index (χ0n) is 12.1. The number of carbonyl (C=O) groups is 2. The molecule has 1 aromatic heterocycles. The molecular formula is C15H15BrN2O4. The van der Waals surface area contributed by atoms with E-state index in [0.717, 1.165) is 15.4 Å². The topological polar surface area (TPSA) is 80.4 Å². The van der Waals surface area contributed by atoms with Crippen molar-refractivity contribution in [1.29, 1.82) is 0 Å². The zero-order valence-corrected chi connectivity index (χ0v) is 13.7. The molecule has 0 radical (unpaired) electrons. The van der Waals surface area contributed by atoms with Gasteiger partial charge in [0.1, 0.15) is 5.75 Å². The summed E-state index contributed by atoms with van der Waals surface area (Å²) in [6.07, 6.45) is 4.42. The van der Waals surface area contributed by atoms with Crippen LogP contribution in [0, 0.1) is 0 Å². The van der Waals surface area contributed by atoms with Gasteiger partial charge in [-0.25, -0.2) is 4.79 Å². The fourth-order valence-corrected chi connectivity index (χ4v) is 2.44. The van der Waals surface area contributed by atoms with Crippen LogP contribution in [0.2, 0.25) is 0 Å². The van der Waals surface area contributed by atoms with Crippen molar-refractivity contribution in [1.82, 2.24) is 10.3 Å². The lowest BCUT2D eigenvalue weighted by atomic mass is 10.1. The average Bonchev–Trinajstić information content (AvgIpc) is 2.92. The molecule has 0 aliphatic rings. The smallest absolute Gasteiger partial charge is 0.330 e. The number of hydrogen-bond acceptors (Lipinski definition) is 4. The van der Waals surface area contributed by atoms with E-state index in [0.29, 0.717) is 11.3 Å². The minimum atomic E-state index is -0.462. The molecule has 0 saturated heterocycles. The first-order valence-corrected chi connectivity index (χ1v) is 7.23.